The summed E-state index contributed by atoms with van der Waals surface area (Å²) >= 11 is 0. The molecule has 0 aromatic heterocycles. The maximum atomic E-state index is 12.6. The molecule has 0 aliphatic rings. The number of carbonyl (C=O) groups excluding carboxylic acids is 2. The van der Waals surface area contributed by atoms with Crippen molar-refractivity contribution in [3.63, 3.8) is 0 Å². The third-order valence-electron chi connectivity index (χ3n) is 5.03. The van der Waals surface area contributed by atoms with Gasteiger partial charge in [-0.25, -0.2) is 0 Å². The van der Waals surface area contributed by atoms with Gasteiger partial charge in [-0.1, -0.05) is 60.7 Å². The second-order valence-corrected chi connectivity index (χ2v) is 8.04. The zero-order chi connectivity index (χ0) is 23.3. The van der Waals surface area contributed by atoms with Gasteiger partial charge in [0.05, 0.1) is 0 Å². The van der Waals surface area contributed by atoms with Gasteiger partial charge in [0.25, 0.3) is 0 Å². The predicted octanol–water partition coefficient (Wildman–Crippen LogP) is 6.34. The highest BCUT2D eigenvalue weighted by Gasteiger charge is 2.22. The molecule has 0 fully saturated rings. The van der Waals surface area contributed by atoms with Crippen LogP contribution in [0.2, 0.25) is 0 Å². The summed E-state index contributed by atoms with van der Waals surface area (Å²) in [5.74, 6) is 0.127. The molecule has 0 saturated heterocycles. The summed E-state index contributed by atoms with van der Waals surface area (Å²) in [6.07, 6.45) is 0. The van der Waals surface area contributed by atoms with E-state index in [1.54, 1.807) is 86.6 Å². The summed E-state index contributed by atoms with van der Waals surface area (Å²) in [4.78, 5) is 25.1. The van der Waals surface area contributed by atoms with Crippen LogP contribution in [0.15, 0.2) is 109 Å². The molecule has 0 atom stereocenters. The van der Waals surface area contributed by atoms with Gasteiger partial charge in [0.1, 0.15) is 11.5 Å². The molecule has 4 aromatic rings. The summed E-state index contributed by atoms with van der Waals surface area (Å²) in [7, 11) is 0. The first-order valence-electron chi connectivity index (χ1n) is 10.7. The van der Waals surface area contributed by atoms with E-state index in [-0.39, 0.29) is 11.6 Å². The number of rotatable bonds is 8. The van der Waals surface area contributed by atoms with E-state index in [1.165, 1.54) is 0 Å². The molecule has 164 valence electrons. The number of benzene rings is 4. The lowest BCUT2D eigenvalue weighted by Gasteiger charge is -2.27. The summed E-state index contributed by atoms with van der Waals surface area (Å²) in [6, 6.07) is 32.3. The van der Waals surface area contributed by atoms with E-state index < -0.39 is 5.79 Å². The minimum atomic E-state index is -0.962. The van der Waals surface area contributed by atoms with E-state index in [0.717, 1.165) is 0 Å². The van der Waals surface area contributed by atoms with Gasteiger partial charge in [-0.05, 0) is 48.5 Å². The Hall–Kier alpha value is -4.18. The lowest BCUT2D eigenvalue weighted by atomic mass is 10.0. The lowest BCUT2D eigenvalue weighted by Crippen LogP contribution is -2.35. The number of ketones is 2. The van der Waals surface area contributed by atoms with Crippen LogP contribution >= 0.6 is 0 Å². The molecule has 0 spiro atoms. The van der Waals surface area contributed by atoms with Crippen LogP contribution in [-0.4, -0.2) is 17.4 Å². The standard InChI is InChI=1S/C29H24O4/c1-29(2,32-25-17-13-23(14-18-25)27(30)21-9-5-3-6-10-21)33-26-19-15-24(16-20-26)28(31)22-11-7-4-8-12-22/h3-20H,1-2H3. The highest BCUT2D eigenvalue weighted by molar-refractivity contribution is 6.09. The Morgan fingerprint density at radius 1 is 0.485 bits per heavy atom. The Balaban J connectivity index is 1.40. The maximum absolute atomic E-state index is 12.6. The SMILES string of the molecule is CC(C)(Oc1ccc(C(=O)c2ccccc2)cc1)Oc1ccc(C(=O)c2ccccc2)cc1. The molecular formula is C29H24O4. The van der Waals surface area contributed by atoms with E-state index in [4.69, 9.17) is 9.47 Å². The molecule has 4 heteroatoms. The first-order chi connectivity index (χ1) is 15.9. The fourth-order valence-corrected chi connectivity index (χ4v) is 3.45. The molecule has 0 aliphatic carbocycles. The average Bonchev–Trinajstić information content (AvgIpc) is 2.85. The minimum absolute atomic E-state index is 0.0391. The zero-order valence-corrected chi connectivity index (χ0v) is 18.5. The van der Waals surface area contributed by atoms with Crippen molar-refractivity contribution in [1.29, 1.82) is 0 Å². The maximum Gasteiger partial charge on any atom is 0.245 e. The normalized spacial score (nSPS) is 11.0. The van der Waals surface area contributed by atoms with Crippen molar-refractivity contribution >= 4 is 11.6 Å². The fraction of sp³-hybridized carbons (Fsp3) is 0.103. The Kier molecular flexibility index (Phi) is 6.36. The topological polar surface area (TPSA) is 52.6 Å². The van der Waals surface area contributed by atoms with Crippen molar-refractivity contribution < 1.29 is 19.1 Å². The number of hydrogen-bond donors (Lipinski definition) is 0. The van der Waals surface area contributed by atoms with Gasteiger partial charge in [0.15, 0.2) is 11.6 Å². The zero-order valence-electron chi connectivity index (χ0n) is 18.5. The second kappa shape index (κ2) is 9.53. The number of ether oxygens (including phenoxy) is 2. The van der Waals surface area contributed by atoms with Gasteiger partial charge in [-0.15, -0.1) is 0 Å². The van der Waals surface area contributed by atoms with E-state index in [1.807, 2.05) is 36.4 Å². The Morgan fingerprint density at radius 2 is 0.788 bits per heavy atom. The van der Waals surface area contributed by atoms with Crippen molar-refractivity contribution in [3.05, 3.63) is 131 Å². The van der Waals surface area contributed by atoms with Crippen molar-refractivity contribution in [2.45, 2.75) is 19.6 Å². The van der Waals surface area contributed by atoms with Crippen LogP contribution in [0.5, 0.6) is 11.5 Å². The minimum Gasteiger partial charge on any atom is -0.453 e. The molecule has 4 nitrogen and oxygen atoms in total. The van der Waals surface area contributed by atoms with E-state index >= 15 is 0 Å². The van der Waals surface area contributed by atoms with E-state index in [0.29, 0.717) is 33.8 Å². The summed E-state index contributed by atoms with van der Waals surface area (Å²) in [5.41, 5.74) is 2.46. The molecular weight excluding hydrogens is 412 g/mol. The van der Waals surface area contributed by atoms with Crippen molar-refractivity contribution in [1.82, 2.24) is 0 Å². The van der Waals surface area contributed by atoms with Crippen LogP contribution in [0.3, 0.4) is 0 Å². The Morgan fingerprint density at radius 3 is 1.12 bits per heavy atom. The average molecular weight is 437 g/mol. The molecule has 0 heterocycles. The van der Waals surface area contributed by atoms with Gasteiger partial charge in [-0.2, -0.15) is 0 Å². The third kappa shape index (κ3) is 5.55. The predicted molar refractivity (Wildman–Crippen MR) is 128 cm³/mol. The molecule has 4 aromatic carbocycles. The molecule has 4 rings (SSSR count). The molecule has 0 radical (unpaired) electrons. The second-order valence-electron chi connectivity index (χ2n) is 8.04. The third-order valence-corrected chi connectivity index (χ3v) is 5.03. The van der Waals surface area contributed by atoms with Crippen LogP contribution in [0.4, 0.5) is 0 Å². The van der Waals surface area contributed by atoms with Crippen molar-refractivity contribution in [2.75, 3.05) is 0 Å². The van der Waals surface area contributed by atoms with Gasteiger partial charge >= 0.3 is 0 Å². The highest BCUT2D eigenvalue weighted by Crippen LogP contribution is 2.24. The van der Waals surface area contributed by atoms with Crippen LogP contribution in [0.1, 0.15) is 45.7 Å². The molecule has 0 amide bonds. The smallest absolute Gasteiger partial charge is 0.245 e. The van der Waals surface area contributed by atoms with Crippen LogP contribution < -0.4 is 9.47 Å². The van der Waals surface area contributed by atoms with Crippen molar-refractivity contribution in [2.24, 2.45) is 0 Å². The summed E-state index contributed by atoms with van der Waals surface area (Å²) in [5, 5.41) is 0. The Labute approximate surface area is 193 Å². The van der Waals surface area contributed by atoms with Crippen LogP contribution in [-0.2, 0) is 0 Å². The van der Waals surface area contributed by atoms with Gasteiger partial charge in [0, 0.05) is 36.1 Å². The van der Waals surface area contributed by atoms with Crippen molar-refractivity contribution in [3.8, 4) is 11.5 Å². The quantitative estimate of drug-likeness (QED) is 0.239. The van der Waals surface area contributed by atoms with Gasteiger partial charge in [-0.3, -0.25) is 9.59 Å². The Bertz CT molecular complexity index is 1130. The van der Waals surface area contributed by atoms with Gasteiger partial charge in [0.2, 0.25) is 5.79 Å². The van der Waals surface area contributed by atoms with E-state index in [2.05, 4.69) is 0 Å². The summed E-state index contributed by atoms with van der Waals surface area (Å²) < 4.78 is 12.0. The number of carbonyl (C=O) groups is 2. The lowest BCUT2D eigenvalue weighted by molar-refractivity contribution is -0.0809. The van der Waals surface area contributed by atoms with E-state index in [9.17, 15) is 9.59 Å². The molecule has 0 N–H and O–H groups in total. The number of hydrogen-bond acceptors (Lipinski definition) is 4. The molecule has 0 saturated carbocycles. The first kappa shape index (κ1) is 22.0. The summed E-state index contributed by atoms with van der Waals surface area (Å²) in [6.45, 7) is 3.61. The van der Waals surface area contributed by atoms with Gasteiger partial charge < -0.3 is 9.47 Å². The molecule has 0 bridgehead atoms. The monoisotopic (exact) mass is 436 g/mol. The molecule has 0 unspecified atom stereocenters. The largest absolute Gasteiger partial charge is 0.453 e. The highest BCUT2D eigenvalue weighted by atomic mass is 16.7. The molecule has 33 heavy (non-hydrogen) atoms. The molecule has 0 aliphatic heterocycles. The first-order valence-corrected chi connectivity index (χ1v) is 10.7. The fourth-order valence-electron chi connectivity index (χ4n) is 3.45. The van der Waals surface area contributed by atoms with Crippen LogP contribution in [0.25, 0.3) is 0 Å². The van der Waals surface area contributed by atoms with Crippen LogP contribution in [0, 0.1) is 0 Å².